The van der Waals surface area contributed by atoms with Crippen molar-refractivity contribution in [2.45, 2.75) is 45.2 Å². The van der Waals surface area contributed by atoms with Gasteiger partial charge in [-0.2, -0.15) is 5.10 Å². The van der Waals surface area contributed by atoms with Crippen LogP contribution in [0.15, 0.2) is 12.4 Å². The minimum Gasteiger partial charge on any atom is -0.403 e. The maximum absolute atomic E-state index is 5.92. The molecule has 5 heteroatoms. The molecule has 0 N–H and O–H groups in total. The molecular weight excluding hydrogens is 203 g/mol. The van der Waals surface area contributed by atoms with Crippen molar-refractivity contribution in [3.05, 3.63) is 18.0 Å². The van der Waals surface area contributed by atoms with Gasteiger partial charge in [-0.05, 0) is 33.3 Å². The standard InChI is InChI=1S/C11H19BN2O2/c1-10(2)11(3,4)16-12(15-10)6-9-7-13-14(5)8-9/h7-8H,6H2,1-5H3. The first-order chi connectivity index (χ1) is 7.30. The van der Waals surface area contributed by atoms with Crippen molar-refractivity contribution >= 4 is 7.12 Å². The lowest BCUT2D eigenvalue weighted by atomic mass is 9.82. The van der Waals surface area contributed by atoms with Gasteiger partial charge >= 0.3 is 7.12 Å². The summed E-state index contributed by atoms with van der Waals surface area (Å²) in [5, 5.41) is 4.14. The number of rotatable bonds is 2. The van der Waals surface area contributed by atoms with Crippen LogP contribution < -0.4 is 0 Å². The van der Waals surface area contributed by atoms with E-state index < -0.39 is 0 Å². The number of aromatic nitrogens is 2. The Bertz CT molecular complexity index is 371. The summed E-state index contributed by atoms with van der Waals surface area (Å²) >= 11 is 0. The molecule has 2 heterocycles. The minimum absolute atomic E-state index is 0.172. The first kappa shape index (κ1) is 11.7. The van der Waals surface area contributed by atoms with E-state index in [0.717, 1.165) is 11.9 Å². The van der Waals surface area contributed by atoms with E-state index >= 15 is 0 Å². The molecular formula is C11H19BN2O2. The maximum atomic E-state index is 5.92. The van der Waals surface area contributed by atoms with E-state index in [-0.39, 0.29) is 18.3 Å². The third kappa shape index (κ3) is 2.02. The van der Waals surface area contributed by atoms with E-state index in [4.69, 9.17) is 9.31 Å². The molecule has 88 valence electrons. The number of hydrogen-bond donors (Lipinski definition) is 0. The first-order valence-corrected chi connectivity index (χ1v) is 5.63. The zero-order valence-electron chi connectivity index (χ0n) is 10.7. The third-order valence-electron chi connectivity index (χ3n) is 3.46. The Labute approximate surface area is 97.1 Å². The highest BCUT2D eigenvalue weighted by Gasteiger charge is 2.50. The molecule has 0 aromatic carbocycles. The highest BCUT2D eigenvalue weighted by atomic mass is 16.7. The van der Waals surface area contributed by atoms with E-state index in [2.05, 4.69) is 32.8 Å². The molecule has 2 rings (SSSR count). The molecule has 0 bridgehead atoms. The van der Waals surface area contributed by atoms with Crippen LogP contribution in [0.1, 0.15) is 33.3 Å². The van der Waals surface area contributed by atoms with E-state index in [1.807, 2.05) is 19.4 Å². The summed E-state index contributed by atoms with van der Waals surface area (Å²) in [7, 11) is 1.74. The first-order valence-electron chi connectivity index (χ1n) is 5.63. The highest BCUT2D eigenvalue weighted by Crippen LogP contribution is 2.37. The predicted octanol–water partition coefficient (Wildman–Crippen LogP) is 1.59. The Hall–Kier alpha value is -0.805. The average Bonchev–Trinajstić information content (AvgIpc) is 2.56. The molecule has 0 amide bonds. The molecule has 1 aromatic rings. The molecule has 0 radical (unpaired) electrons. The summed E-state index contributed by atoms with van der Waals surface area (Å²) < 4.78 is 13.6. The van der Waals surface area contributed by atoms with Gasteiger partial charge in [-0.3, -0.25) is 4.68 Å². The third-order valence-corrected chi connectivity index (χ3v) is 3.46. The van der Waals surface area contributed by atoms with Gasteiger partial charge in [0.2, 0.25) is 0 Å². The van der Waals surface area contributed by atoms with Gasteiger partial charge in [0.05, 0.1) is 17.4 Å². The molecule has 0 atom stereocenters. The zero-order valence-corrected chi connectivity index (χ0v) is 10.7. The molecule has 0 saturated carbocycles. The van der Waals surface area contributed by atoms with Crippen molar-refractivity contribution in [1.82, 2.24) is 9.78 Å². The molecule has 0 unspecified atom stereocenters. The van der Waals surface area contributed by atoms with Gasteiger partial charge in [-0.15, -0.1) is 0 Å². The van der Waals surface area contributed by atoms with Crippen molar-refractivity contribution in [1.29, 1.82) is 0 Å². The van der Waals surface area contributed by atoms with Crippen LogP contribution in [0.5, 0.6) is 0 Å². The van der Waals surface area contributed by atoms with Crippen LogP contribution >= 0.6 is 0 Å². The molecule has 0 aliphatic carbocycles. The lowest BCUT2D eigenvalue weighted by Crippen LogP contribution is -2.41. The molecule has 1 aromatic heterocycles. The second-order valence-electron chi connectivity index (χ2n) is 5.41. The average molecular weight is 222 g/mol. The van der Waals surface area contributed by atoms with Crippen LogP contribution in [0, 0.1) is 0 Å². The normalized spacial score (nSPS) is 22.7. The summed E-state index contributed by atoms with van der Waals surface area (Å²) in [5.41, 5.74) is 0.640. The van der Waals surface area contributed by atoms with E-state index in [9.17, 15) is 0 Å². The Morgan fingerprint density at radius 1 is 1.25 bits per heavy atom. The van der Waals surface area contributed by atoms with Crippen molar-refractivity contribution < 1.29 is 9.31 Å². The van der Waals surface area contributed by atoms with Gasteiger partial charge in [0, 0.05) is 19.6 Å². The largest absolute Gasteiger partial charge is 0.462 e. The van der Waals surface area contributed by atoms with Crippen LogP contribution in [0.25, 0.3) is 0 Å². The zero-order chi connectivity index (χ0) is 12.0. The van der Waals surface area contributed by atoms with Crippen LogP contribution in [0.4, 0.5) is 0 Å². The SMILES string of the molecule is Cn1cc(CB2OC(C)(C)C(C)(C)O2)cn1. The summed E-state index contributed by atoms with van der Waals surface area (Å²) in [5.74, 6) is 0. The summed E-state index contributed by atoms with van der Waals surface area (Å²) in [4.78, 5) is 0. The second kappa shape index (κ2) is 3.60. The van der Waals surface area contributed by atoms with Crippen LogP contribution in [-0.4, -0.2) is 28.1 Å². The lowest BCUT2D eigenvalue weighted by Gasteiger charge is -2.32. The van der Waals surface area contributed by atoms with E-state index in [0.29, 0.717) is 0 Å². The number of nitrogens with zero attached hydrogens (tertiary/aromatic N) is 2. The molecule has 4 nitrogen and oxygen atoms in total. The van der Waals surface area contributed by atoms with E-state index in [1.54, 1.807) is 4.68 Å². The van der Waals surface area contributed by atoms with Gasteiger partial charge in [-0.1, -0.05) is 0 Å². The van der Waals surface area contributed by atoms with Crippen molar-refractivity contribution in [3.8, 4) is 0 Å². The van der Waals surface area contributed by atoms with Crippen molar-refractivity contribution in [2.24, 2.45) is 7.05 Å². The predicted molar refractivity (Wildman–Crippen MR) is 63.0 cm³/mol. The Morgan fingerprint density at radius 3 is 2.25 bits per heavy atom. The van der Waals surface area contributed by atoms with Gasteiger partial charge in [-0.25, -0.2) is 0 Å². The summed E-state index contributed by atoms with van der Waals surface area (Å²) in [6.45, 7) is 8.26. The molecule has 1 saturated heterocycles. The molecule has 0 spiro atoms. The van der Waals surface area contributed by atoms with Crippen LogP contribution in [-0.2, 0) is 22.7 Å². The fourth-order valence-electron chi connectivity index (χ4n) is 1.82. The lowest BCUT2D eigenvalue weighted by molar-refractivity contribution is 0.00578. The second-order valence-corrected chi connectivity index (χ2v) is 5.41. The molecule has 1 aliphatic rings. The maximum Gasteiger partial charge on any atom is 0.462 e. The Morgan fingerprint density at radius 2 is 1.81 bits per heavy atom. The van der Waals surface area contributed by atoms with Crippen molar-refractivity contribution in [3.63, 3.8) is 0 Å². The fourth-order valence-corrected chi connectivity index (χ4v) is 1.82. The number of hydrogen-bond acceptors (Lipinski definition) is 3. The van der Waals surface area contributed by atoms with Gasteiger partial charge in [0.15, 0.2) is 0 Å². The Balaban J connectivity index is 2.04. The van der Waals surface area contributed by atoms with Crippen molar-refractivity contribution in [2.75, 3.05) is 0 Å². The summed E-state index contributed by atoms with van der Waals surface area (Å²) in [6.07, 6.45) is 4.59. The van der Waals surface area contributed by atoms with Gasteiger partial charge in [0.25, 0.3) is 0 Å². The molecule has 1 fully saturated rings. The molecule has 1 aliphatic heterocycles. The minimum atomic E-state index is -0.250. The quantitative estimate of drug-likeness (QED) is 0.713. The smallest absolute Gasteiger partial charge is 0.403 e. The van der Waals surface area contributed by atoms with Gasteiger partial charge in [0.1, 0.15) is 0 Å². The number of aryl methyl sites for hydroxylation is 1. The fraction of sp³-hybridized carbons (Fsp3) is 0.727. The highest BCUT2D eigenvalue weighted by molar-refractivity contribution is 6.44. The monoisotopic (exact) mass is 222 g/mol. The molecule has 16 heavy (non-hydrogen) atoms. The van der Waals surface area contributed by atoms with Gasteiger partial charge < -0.3 is 9.31 Å². The van der Waals surface area contributed by atoms with E-state index in [1.165, 1.54) is 0 Å². The Kier molecular flexibility index (Phi) is 2.63. The van der Waals surface area contributed by atoms with Crippen LogP contribution in [0.2, 0.25) is 0 Å². The topological polar surface area (TPSA) is 36.3 Å². The van der Waals surface area contributed by atoms with Crippen LogP contribution in [0.3, 0.4) is 0 Å². The summed E-state index contributed by atoms with van der Waals surface area (Å²) in [6, 6.07) is 0.